The Balaban J connectivity index is 5.09. The quantitative estimate of drug-likeness (QED) is 0.483. The SMILES string of the molecule is CCC(OC(C)C)C([O][Ti])(OC(C)C)OC(C)C. The van der Waals surface area contributed by atoms with E-state index in [2.05, 4.69) is 0 Å². The predicted octanol–water partition coefficient (Wildman–Crippen LogP) is 3.17. The average molecular weight is 295 g/mol. The summed E-state index contributed by atoms with van der Waals surface area (Å²) in [7, 11) is 0. The third-order valence-corrected chi connectivity index (χ3v) is 2.59. The molecule has 0 N–H and O–H groups in total. The Hall–Kier alpha value is 0.554. The molecule has 4 nitrogen and oxygen atoms in total. The Kier molecular flexibility index (Phi) is 8.94. The van der Waals surface area contributed by atoms with Gasteiger partial charge in [-0.25, -0.2) is 0 Å². The van der Waals surface area contributed by atoms with Crippen molar-refractivity contribution in [2.75, 3.05) is 0 Å². The van der Waals surface area contributed by atoms with Crippen LogP contribution in [0.4, 0.5) is 0 Å². The molecule has 1 unspecified atom stereocenters. The van der Waals surface area contributed by atoms with E-state index in [0.717, 1.165) is 6.42 Å². The summed E-state index contributed by atoms with van der Waals surface area (Å²) in [6.07, 6.45) is 0.580. The fraction of sp³-hybridized carbons (Fsp3) is 1.00. The molecular weight excluding hydrogens is 268 g/mol. The summed E-state index contributed by atoms with van der Waals surface area (Å²) in [6, 6.07) is 0. The molecule has 0 spiro atoms. The van der Waals surface area contributed by atoms with Crippen molar-refractivity contribution in [3.63, 3.8) is 0 Å². The zero-order valence-corrected chi connectivity index (χ0v) is 14.2. The van der Waals surface area contributed by atoms with E-state index in [0.29, 0.717) is 0 Å². The van der Waals surface area contributed by atoms with Gasteiger partial charge >= 0.3 is 124 Å². The molecule has 0 rings (SSSR count). The zero-order chi connectivity index (χ0) is 14.3. The fourth-order valence-electron chi connectivity index (χ4n) is 1.71. The van der Waals surface area contributed by atoms with Crippen LogP contribution in [0.15, 0.2) is 0 Å². The van der Waals surface area contributed by atoms with Gasteiger partial charge in [0.1, 0.15) is 0 Å². The Morgan fingerprint density at radius 1 is 0.889 bits per heavy atom. The molecule has 0 amide bonds. The predicted molar refractivity (Wildman–Crippen MR) is 66.6 cm³/mol. The van der Waals surface area contributed by atoms with Crippen LogP contribution in [0.1, 0.15) is 54.9 Å². The van der Waals surface area contributed by atoms with Crippen LogP contribution in [0.25, 0.3) is 0 Å². The first-order valence-corrected chi connectivity index (χ1v) is 7.26. The summed E-state index contributed by atoms with van der Waals surface area (Å²) < 4.78 is 23.2. The molecule has 0 aliphatic rings. The summed E-state index contributed by atoms with van der Waals surface area (Å²) in [5.41, 5.74) is 0. The third kappa shape index (κ3) is 6.13. The van der Waals surface area contributed by atoms with Gasteiger partial charge in [-0.15, -0.1) is 0 Å². The van der Waals surface area contributed by atoms with Gasteiger partial charge in [0, 0.05) is 0 Å². The Labute approximate surface area is 124 Å². The van der Waals surface area contributed by atoms with E-state index in [9.17, 15) is 0 Å². The average Bonchev–Trinajstić information content (AvgIpc) is 2.23. The van der Waals surface area contributed by atoms with Crippen molar-refractivity contribution in [1.82, 2.24) is 0 Å². The van der Waals surface area contributed by atoms with Crippen molar-refractivity contribution in [1.29, 1.82) is 0 Å². The molecule has 0 saturated carbocycles. The van der Waals surface area contributed by atoms with E-state index in [1.165, 1.54) is 0 Å². The van der Waals surface area contributed by atoms with Crippen LogP contribution in [0, 0.1) is 0 Å². The Bertz CT molecular complexity index is 209. The zero-order valence-electron chi connectivity index (χ0n) is 12.6. The second-order valence-corrected chi connectivity index (χ2v) is 5.44. The third-order valence-electron chi connectivity index (χ3n) is 2.14. The van der Waals surface area contributed by atoms with Crippen LogP contribution >= 0.6 is 0 Å². The molecule has 1 atom stereocenters. The summed E-state index contributed by atoms with van der Waals surface area (Å²) in [5, 5.41) is 0. The van der Waals surface area contributed by atoms with Gasteiger partial charge in [0.15, 0.2) is 0 Å². The number of ether oxygens (including phenoxy) is 3. The molecule has 0 aliphatic carbocycles. The van der Waals surface area contributed by atoms with Crippen LogP contribution in [-0.2, 0) is 38.4 Å². The van der Waals surface area contributed by atoms with Crippen molar-refractivity contribution in [3.8, 4) is 0 Å². The Morgan fingerprint density at radius 3 is 1.56 bits per heavy atom. The van der Waals surface area contributed by atoms with E-state index >= 15 is 0 Å². The number of hydrogen-bond donors (Lipinski definition) is 0. The van der Waals surface area contributed by atoms with Crippen molar-refractivity contribution in [2.24, 2.45) is 0 Å². The first-order chi connectivity index (χ1) is 8.27. The second kappa shape index (κ2) is 8.67. The van der Waals surface area contributed by atoms with E-state index < -0.39 is 5.97 Å². The van der Waals surface area contributed by atoms with E-state index in [1.54, 1.807) is 20.8 Å². The van der Waals surface area contributed by atoms with E-state index in [4.69, 9.17) is 17.5 Å². The normalized spacial score (nSPS) is 14.7. The molecule has 0 aromatic carbocycles. The van der Waals surface area contributed by atoms with E-state index in [1.807, 2.05) is 48.5 Å². The molecule has 0 radical (unpaired) electrons. The molecule has 0 fully saturated rings. The molecule has 107 valence electrons. The molecule has 0 aromatic rings. The second-order valence-electron chi connectivity index (χ2n) is 5.12. The van der Waals surface area contributed by atoms with Crippen LogP contribution in [0.5, 0.6) is 0 Å². The number of hydrogen-bond acceptors (Lipinski definition) is 4. The maximum atomic E-state index is 5.88. The van der Waals surface area contributed by atoms with Crippen molar-refractivity contribution in [3.05, 3.63) is 0 Å². The van der Waals surface area contributed by atoms with Gasteiger partial charge in [-0.2, -0.15) is 0 Å². The number of rotatable bonds is 9. The molecule has 0 bridgehead atoms. The molecular formula is C13H27O4Ti. The topological polar surface area (TPSA) is 36.9 Å². The van der Waals surface area contributed by atoms with Crippen molar-refractivity contribution < 1.29 is 38.4 Å². The Morgan fingerprint density at radius 2 is 1.33 bits per heavy atom. The summed E-state index contributed by atoms with van der Waals surface area (Å²) in [5.74, 6) is -1.14. The van der Waals surface area contributed by atoms with Gasteiger partial charge < -0.3 is 0 Å². The molecule has 0 heterocycles. The van der Waals surface area contributed by atoms with Crippen molar-refractivity contribution >= 4 is 0 Å². The summed E-state index contributed by atoms with van der Waals surface area (Å²) in [6.45, 7) is 13.9. The van der Waals surface area contributed by atoms with Gasteiger partial charge in [-0.3, -0.25) is 0 Å². The maximum absolute atomic E-state index is 5.88. The van der Waals surface area contributed by atoms with Crippen LogP contribution in [-0.4, -0.2) is 30.4 Å². The van der Waals surface area contributed by atoms with Gasteiger partial charge in [0.25, 0.3) is 0 Å². The van der Waals surface area contributed by atoms with Crippen LogP contribution in [0.2, 0.25) is 0 Å². The summed E-state index contributed by atoms with van der Waals surface area (Å²) in [4.78, 5) is 0. The molecule has 0 saturated heterocycles. The molecule has 18 heavy (non-hydrogen) atoms. The standard InChI is InChI=1S/C13H27O4.Ti/c1-8-12(15-9(2)3)13(14,16-10(4)5)17-11(6)7;/h9-12H,8H2,1-7H3;/q-1;+1. The van der Waals surface area contributed by atoms with Gasteiger partial charge in [0.05, 0.1) is 0 Å². The minimum absolute atomic E-state index is 0.00601. The fourth-order valence-corrected chi connectivity index (χ4v) is 2.06. The minimum atomic E-state index is -1.14. The van der Waals surface area contributed by atoms with Crippen LogP contribution in [0.3, 0.4) is 0 Å². The first kappa shape index (κ1) is 18.6. The molecule has 5 heteroatoms. The summed E-state index contributed by atoms with van der Waals surface area (Å²) >= 11 is 1.59. The monoisotopic (exact) mass is 295 g/mol. The van der Waals surface area contributed by atoms with Gasteiger partial charge in [-0.1, -0.05) is 0 Å². The van der Waals surface area contributed by atoms with Gasteiger partial charge in [0.2, 0.25) is 0 Å². The van der Waals surface area contributed by atoms with E-state index in [-0.39, 0.29) is 24.4 Å². The molecule has 0 aliphatic heterocycles. The van der Waals surface area contributed by atoms with Gasteiger partial charge in [-0.05, 0) is 0 Å². The van der Waals surface area contributed by atoms with Crippen molar-refractivity contribution in [2.45, 2.75) is 85.3 Å². The first-order valence-electron chi connectivity index (χ1n) is 6.63. The molecule has 0 aromatic heterocycles. The van der Waals surface area contributed by atoms with Crippen LogP contribution < -0.4 is 0 Å².